The molecule has 3 rings (SSSR count). The van der Waals surface area contributed by atoms with Gasteiger partial charge in [-0.1, -0.05) is 23.7 Å². The fourth-order valence-corrected chi connectivity index (χ4v) is 2.78. The first-order valence-corrected chi connectivity index (χ1v) is 8.32. The lowest BCUT2D eigenvalue weighted by Gasteiger charge is -2.34. The van der Waals surface area contributed by atoms with E-state index in [4.69, 9.17) is 11.6 Å². The summed E-state index contributed by atoms with van der Waals surface area (Å²) in [6, 6.07) is 8.57. The molecule has 0 unspecified atom stereocenters. The minimum absolute atomic E-state index is 0.0634. The lowest BCUT2D eigenvalue weighted by Crippen LogP contribution is -2.48. The van der Waals surface area contributed by atoms with Gasteiger partial charge in [-0.05, 0) is 18.2 Å². The molecule has 1 saturated heterocycles. The van der Waals surface area contributed by atoms with Gasteiger partial charge >= 0.3 is 0 Å². The molecule has 7 nitrogen and oxygen atoms in total. The van der Waals surface area contributed by atoms with Gasteiger partial charge in [0.1, 0.15) is 5.69 Å². The highest BCUT2D eigenvalue weighted by molar-refractivity contribution is 6.33. The van der Waals surface area contributed by atoms with Crippen molar-refractivity contribution in [2.75, 3.05) is 36.4 Å². The van der Waals surface area contributed by atoms with Crippen LogP contribution in [0.3, 0.4) is 0 Å². The van der Waals surface area contributed by atoms with Crippen molar-refractivity contribution in [3.05, 3.63) is 47.2 Å². The predicted octanol–water partition coefficient (Wildman–Crippen LogP) is 2.05. The molecule has 130 valence electrons. The van der Waals surface area contributed by atoms with Crippen LogP contribution in [0.4, 0.5) is 11.6 Å². The topological polar surface area (TPSA) is 78.4 Å². The molecule has 25 heavy (non-hydrogen) atoms. The van der Waals surface area contributed by atoms with E-state index in [1.165, 1.54) is 0 Å². The van der Waals surface area contributed by atoms with E-state index in [0.717, 1.165) is 0 Å². The third-order valence-electron chi connectivity index (χ3n) is 4.01. The van der Waals surface area contributed by atoms with Crippen LogP contribution >= 0.6 is 11.6 Å². The van der Waals surface area contributed by atoms with Crippen LogP contribution in [0.2, 0.25) is 5.02 Å². The van der Waals surface area contributed by atoms with Crippen LogP contribution in [0, 0.1) is 0 Å². The molecule has 0 radical (unpaired) electrons. The van der Waals surface area contributed by atoms with Crippen molar-refractivity contribution in [2.24, 2.45) is 0 Å². The van der Waals surface area contributed by atoms with Crippen molar-refractivity contribution in [3.8, 4) is 0 Å². The van der Waals surface area contributed by atoms with Crippen LogP contribution in [0.5, 0.6) is 0 Å². The van der Waals surface area contributed by atoms with Crippen molar-refractivity contribution in [2.45, 2.75) is 6.92 Å². The normalized spacial score (nSPS) is 14.3. The Morgan fingerprint density at radius 3 is 2.52 bits per heavy atom. The molecule has 1 N–H and O–H groups in total. The van der Waals surface area contributed by atoms with Crippen molar-refractivity contribution >= 4 is 35.1 Å². The van der Waals surface area contributed by atoms with Crippen LogP contribution < -0.4 is 10.2 Å². The maximum Gasteiger partial charge on any atom is 0.274 e. The Morgan fingerprint density at radius 2 is 1.84 bits per heavy atom. The number of carbonyl (C=O) groups is 2. The van der Waals surface area contributed by atoms with Crippen molar-refractivity contribution in [3.63, 3.8) is 0 Å². The number of para-hydroxylation sites is 1. The summed E-state index contributed by atoms with van der Waals surface area (Å²) < 4.78 is 0. The fraction of sp³-hybridized carbons (Fsp3) is 0.294. The van der Waals surface area contributed by atoms with E-state index in [2.05, 4.69) is 15.3 Å². The van der Waals surface area contributed by atoms with E-state index in [1.54, 1.807) is 48.4 Å². The van der Waals surface area contributed by atoms with Gasteiger partial charge in [-0.2, -0.15) is 0 Å². The Kier molecular flexibility index (Phi) is 5.14. The van der Waals surface area contributed by atoms with E-state index in [0.29, 0.717) is 42.8 Å². The number of hydrogen-bond donors (Lipinski definition) is 1. The van der Waals surface area contributed by atoms with E-state index in [1.807, 2.05) is 4.90 Å². The summed E-state index contributed by atoms with van der Waals surface area (Å²) in [5, 5.41) is 3.21. The minimum Gasteiger partial charge on any atom is -0.339 e. The van der Waals surface area contributed by atoms with Gasteiger partial charge in [0, 0.05) is 39.3 Å². The van der Waals surface area contributed by atoms with Gasteiger partial charge in [0.2, 0.25) is 11.9 Å². The van der Waals surface area contributed by atoms with E-state index < -0.39 is 0 Å². The molecule has 2 heterocycles. The van der Waals surface area contributed by atoms with Crippen LogP contribution in [-0.2, 0) is 4.79 Å². The Hall–Kier alpha value is -2.67. The van der Waals surface area contributed by atoms with Crippen molar-refractivity contribution in [1.29, 1.82) is 0 Å². The number of aromatic nitrogens is 2. The lowest BCUT2D eigenvalue weighted by atomic mass is 10.3. The number of halogens is 1. The number of carbonyl (C=O) groups excluding carboxylic acids is 2. The van der Waals surface area contributed by atoms with E-state index in [9.17, 15) is 9.59 Å². The molecular weight excluding hydrogens is 342 g/mol. The molecule has 1 aromatic carbocycles. The summed E-state index contributed by atoms with van der Waals surface area (Å²) in [5.41, 5.74) is 0.795. The van der Waals surface area contributed by atoms with Crippen molar-refractivity contribution < 1.29 is 9.59 Å². The second-order valence-corrected chi connectivity index (χ2v) is 6.08. The zero-order valence-electron chi connectivity index (χ0n) is 13.8. The summed E-state index contributed by atoms with van der Waals surface area (Å²) in [5.74, 6) is 0.197. The van der Waals surface area contributed by atoms with Crippen LogP contribution in [0.25, 0.3) is 0 Å². The highest BCUT2D eigenvalue weighted by Crippen LogP contribution is 2.21. The molecule has 2 amide bonds. The predicted molar refractivity (Wildman–Crippen MR) is 95.9 cm³/mol. The first kappa shape index (κ1) is 17.2. The average molecular weight is 360 g/mol. The molecule has 0 bridgehead atoms. The molecule has 8 heteroatoms. The summed E-state index contributed by atoms with van der Waals surface area (Å²) >= 11 is 6.06. The quantitative estimate of drug-likeness (QED) is 0.907. The molecule has 1 aliphatic heterocycles. The largest absolute Gasteiger partial charge is 0.339 e. The van der Waals surface area contributed by atoms with Crippen LogP contribution in [-0.4, -0.2) is 52.9 Å². The number of nitrogens with zero attached hydrogens (tertiary/aromatic N) is 4. The zero-order chi connectivity index (χ0) is 17.8. The highest BCUT2D eigenvalue weighted by Gasteiger charge is 2.21. The molecule has 1 aliphatic rings. The summed E-state index contributed by atoms with van der Waals surface area (Å²) in [6.45, 7) is 4.07. The van der Waals surface area contributed by atoms with Gasteiger partial charge in [0.25, 0.3) is 5.91 Å². The van der Waals surface area contributed by atoms with Gasteiger partial charge in [-0.25, -0.2) is 9.97 Å². The Labute approximate surface area is 150 Å². The molecule has 0 saturated carbocycles. The second kappa shape index (κ2) is 7.48. The van der Waals surface area contributed by atoms with Gasteiger partial charge < -0.3 is 15.1 Å². The van der Waals surface area contributed by atoms with E-state index in [-0.39, 0.29) is 17.5 Å². The summed E-state index contributed by atoms with van der Waals surface area (Å²) in [4.78, 5) is 36.1. The number of nitrogens with one attached hydrogen (secondary N) is 1. The molecule has 0 spiro atoms. The first-order valence-electron chi connectivity index (χ1n) is 7.94. The maximum atomic E-state index is 12.4. The fourth-order valence-electron chi connectivity index (χ4n) is 2.60. The van der Waals surface area contributed by atoms with E-state index >= 15 is 0 Å². The second-order valence-electron chi connectivity index (χ2n) is 5.67. The van der Waals surface area contributed by atoms with Gasteiger partial charge in [0.05, 0.1) is 10.7 Å². The van der Waals surface area contributed by atoms with Crippen LogP contribution in [0.1, 0.15) is 17.4 Å². The number of piperazine rings is 1. The molecule has 0 atom stereocenters. The third kappa shape index (κ3) is 4.06. The Balaban J connectivity index is 1.70. The number of amides is 2. The van der Waals surface area contributed by atoms with Gasteiger partial charge in [-0.3, -0.25) is 9.59 Å². The number of rotatable bonds is 3. The maximum absolute atomic E-state index is 12.4. The summed E-state index contributed by atoms with van der Waals surface area (Å²) in [7, 11) is 0. The minimum atomic E-state index is -0.348. The molecule has 0 aliphatic carbocycles. The third-order valence-corrected chi connectivity index (χ3v) is 4.33. The number of hydrogen-bond acceptors (Lipinski definition) is 5. The Morgan fingerprint density at radius 1 is 1.12 bits per heavy atom. The highest BCUT2D eigenvalue weighted by atomic mass is 35.5. The Bertz CT molecular complexity index is 790. The SMILES string of the molecule is CC(=O)N1CCN(c2nccc(C(=O)Nc3ccccc3Cl)n2)CC1. The summed E-state index contributed by atoms with van der Waals surface area (Å²) in [6.07, 6.45) is 1.56. The van der Waals surface area contributed by atoms with Crippen molar-refractivity contribution in [1.82, 2.24) is 14.9 Å². The zero-order valence-corrected chi connectivity index (χ0v) is 14.5. The molecule has 1 fully saturated rings. The number of anilines is 2. The first-order chi connectivity index (χ1) is 12.0. The molecule has 2 aromatic rings. The van der Waals surface area contributed by atoms with Gasteiger partial charge in [-0.15, -0.1) is 0 Å². The average Bonchev–Trinajstić information content (AvgIpc) is 2.64. The monoisotopic (exact) mass is 359 g/mol. The van der Waals surface area contributed by atoms with Crippen LogP contribution in [0.15, 0.2) is 36.5 Å². The smallest absolute Gasteiger partial charge is 0.274 e. The standard InChI is InChI=1S/C17H18ClN5O2/c1-12(24)22-8-10-23(11-9-22)17-19-7-6-15(21-17)16(25)20-14-5-3-2-4-13(14)18/h2-7H,8-11H2,1H3,(H,20,25). The lowest BCUT2D eigenvalue weighted by molar-refractivity contribution is -0.129. The number of benzene rings is 1. The molecule has 1 aromatic heterocycles. The molecular formula is C17H18ClN5O2. The van der Waals surface area contributed by atoms with Gasteiger partial charge in [0.15, 0.2) is 0 Å².